The fourth-order valence-corrected chi connectivity index (χ4v) is 4.71. The van der Waals surface area contributed by atoms with Gasteiger partial charge in [0.1, 0.15) is 5.58 Å². The lowest BCUT2D eigenvalue weighted by atomic mass is 10.1. The number of aromatic carboxylic acids is 1. The van der Waals surface area contributed by atoms with Gasteiger partial charge in [-0.15, -0.1) is 0 Å². The van der Waals surface area contributed by atoms with Gasteiger partial charge < -0.3 is 9.52 Å². The molecule has 176 valence electrons. The zero-order chi connectivity index (χ0) is 24.3. The lowest BCUT2D eigenvalue weighted by Gasteiger charge is -2.22. The second kappa shape index (κ2) is 9.95. The number of benzene rings is 3. The standard InChI is InChI=1S/C26H22F3NO3S/c1-17-22-15-21(10-11-23(22)33-24(17)25(31)32)34-30(13-12-18-6-3-2-4-7-18)16-19-8-5-9-20(14-19)26(27,28)29/h2-11,14-15H,12-13,16H2,1H3,(H,31,32). The molecule has 1 aromatic heterocycles. The van der Waals surface area contributed by atoms with Crippen LogP contribution in [0.15, 0.2) is 82.1 Å². The van der Waals surface area contributed by atoms with Crippen molar-refractivity contribution in [1.29, 1.82) is 0 Å². The minimum Gasteiger partial charge on any atom is -0.475 e. The molecule has 0 unspecified atom stereocenters. The van der Waals surface area contributed by atoms with Gasteiger partial charge in [0.2, 0.25) is 5.76 Å². The van der Waals surface area contributed by atoms with Gasteiger partial charge in [0.15, 0.2) is 0 Å². The summed E-state index contributed by atoms with van der Waals surface area (Å²) in [5, 5.41) is 10.0. The van der Waals surface area contributed by atoms with Gasteiger partial charge in [0.25, 0.3) is 0 Å². The first kappa shape index (κ1) is 23.9. The SMILES string of the molecule is Cc1c(C(=O)O)oc2ccc(SN(CCc3ccccc3)Cc3cccc(C(F)(F)F)c3)cc12. The maximum atomic E-state index is 13.2. The lowest BCUT2D eigenvalue weighted by molar-refractivity contribution is -0.137. The molecule has 0 radical (unpaired) electrons. The Hall–Kier alpha value is -3.23. The minimum absolute atomic E-state index is 0.0953. The van der Waals surface area contributed by atoms with Crippen molar-refractivity contribution in [3.63, 3.8) is 0 Å². The van der Waals surface area contributed by atoms with Gasteiger partial charge in [-0.3, -0.25) is 0 Å². The summed E-state index contributed by atoms with van der Waals surface area (Å²) < 4.78 is 47.0. The molecule has 0 fully saturated rings. The molecular formula is C26H22F3NO3S. The first-order chi connectivity index (χ1) is 16.2. The van der Waals surface area contributed by atoms with Crippen molar-refractivity contribution in [3.05, 3.63) is 101 Å². The first-order valence-corrected chi connectivity index (χ1v) is 11.4. The van der Waals surface area contributed by atoms with Crippen LogP contribution >= 0.6 is 11.9 Å². The third-order valence-corrected chi connectivity index (χ3v) is 6.48. The molecule has 8 heteroatoms. The van der Waals surface area contributed by atoms with Crippen molar-refractivity contribution in [2.75, 3.05) is 6.54 Å². The molecule has 4 aromatic rings. The van der Waals surface area contributed by atoms with Gasteiger partial charge >= 0.3 is 12.1 Å². The van der Waals surface area contributed by atoms with Gasteiger partial charge in [0, 0.05) is 28.9 Å². The van der Waals surface area contributed by atoms with Gasteiger partial charge in [-0.1, -0.05) is 48.5 Å². The molecule has 0 bridgehead atoms. The maximum Gasteiger partial charge on any atom is 0.416 e. The number of carbonyl (C=O) groups is 1. The first-order valence-electron chi connectivity index (χ1n) is 10.6. The van der Waals surface area contributed by atoms with E-state index in [1.54, 1.807) is 19.1 Å². The normalized spacial score (nSPS) is 11.9. The predicted molar refractivity (Wildman–Crippen MR) is 126 cm³/mol. The van der Waals surface area contributed by atoms with Crippen molar-refractivity contribution in [1.82, 2.24) is 4.31 Å². The van der Waals surface area contributed by atoms with Crippen molar-refractivity contribution in [2.24, 2.45) is 0 Å². The average Bonchev–Trinajstić information content (AvgIpc) is 3.14. The summed E-state index contributed by atoms with van der Waals surface area (Å²) in [4.78, 5) is 12.2. The largest absolute Gasteiger partial charge is 0.475 e. The highest BCUT2D eigenvalue weighted by Crippen LogP contribution is 2.33. The van der Waals surface area contributed by atoms with Crippen LogP contribution in [0, 0.1) is 6.92 Å². The molecule has 0 aliphatic carbocycles. The quantitative estimate of drug-likeness (QED) is 0.267. The summed E-state index contributed by atoms with van der Waals surface area (Å²) in [7, 11) is 0. The maximum absolute atomic E-state index is 13.2. The van der Waals surface area contributed by atoms with Gasteiger partial charge in [-0.05, 0) is 60.7 Å². The highest BCUT2D eigenvalue weighted by molar-refractivity contribution is 7.97. The van der Waals surface area contributed by atoms with E-state index in [4.69, 9.17) is 4.42 Å². The number of alkyl halides is 3. The second-order valence-electron chi connectivity index (χ2n) is 7.91. The Labute approximate surface area is 199 Å². The van der Waals surface area contributed by atoms with Crippen molar-refractivity contribution in [3.8, 4) is 0 Å². The van der Waals surface area contributed by atoms with Crippen LogP contribution < -0.4 is 0 Å². The number of fused-ring (bicyclic) bond motifs is 1. The number of aryl methyl sites for hydroxylation is 1. The Morgan fingerprint density at radius 3 is 2.44 bits per heavy atom. The number of hydrogen-bond acceptors (Lipinski definition) is 4. The van der Waals surface area contributed by atoms with Crippen LogP contribution in [-0.4, -0.2) is 21.9 Å². The van der Waals surface area contributed by atoms with Crippen LogP contribution in [0.1, 0.15) is 32.8 Å². The smallest absolute Gasteiger partial charge is 0.416 e. The Morgan fingerprint density at radius 2 is 1.74 bits per heavy atom. The molecule has 34 heavy (non-hydrogen) atoms. The van der Waals surface area contributed by atoms with Gasteiger partial charge in [-0.25, -0.2) is 9.10 Å². The molecule has 0 spiro atoms. The number of carboxylic acids is 1. The molecule has 0 aliphatic rings. The number of halogens is 3. The third kappa shape index (κ3) is 5.63. The highest BCUT2D eigenvalue weighted by atomic mass is 32.2. The highest BCUT2D eigenvalue weighted by Gasteiger charge is 2.30. The van der Waals surface area contributed by atoms with Crippen LogP contribution in [0.25, 0.3) is 11.0 Å². The molecule has 1 N–H and O–H groups in total. The molecule has 3 aromatic carbocycles. The Kier molecular flexibility index (Phi) is 7.00. The second-order valence-corrected chi connectivity index (χ2v) is 9.08. The monoisotopic (exact) mass is 485 g/mol. The van der Waals surface area contributed by atoms with E-state index < -0.39 is 17.7 Å². The molecular weight excluding hydrogens is 463 g/mol. The number of furan rings is 1. The van der Waals surface area contributed by atoms with Gasteiger partial charge in [0.05, 0.1) is 5.56 Å². The fraction of sp³-hybridized carbons (Fsp3) is 0.192. The lowest BCUT2D eigenvalue weighted by Crippen LogP contribution is -2.19. The topological polar surface area (TPSA) is 53.7 Å². The zero-order valence-electron chi connectivity index (χ0n) is 18.3. The van der Waals surface area contributed by atoms with E-state index >= 15 is 0 Å². The summed E-state index contributed by atoms with van der Waals surface area (Å²) in [6, 6.07) is 20.6. The van der Waals surface area contributed by atoms with Crippen LogP contribution in [-0.2, 0) is 19.1 Å². The van der Waals surface area contributed by atoms with E-state index in [9.17, 15) is 23.1 Å². The van der Waals surface area contributed by atoms with E-state index in [2.05, 4.69) is 0 Å². The molecule has 4 rings (SSSR count). The van der Waals surface area contributed by atoms with Crippen LogP contribution in [0.2, 0.25) is 0 Å². The van der Waals surface area contributed by atoms with E-state index in [1.165, 1.54) is 24.1 Å². The summed E-state index contributed by atoms with van der Waals surface area (Å²) >= 11 is 1.42. The minimum atomic E-state index is -4.40. The number of rotatable bonds is 8. The van der Waals surface area contributed by atoms with Gasteiger partial charge in [-0.2, -0.15) is 13.2 Å². The van der Waals surface area contributed by atoms with Crippen molar-refractivity contribution >= 4 is 28.9 Å². The average molecular weight is 486 g/mol. The summed E-state index contributed by atoms with van der Waals surface area (Å²) in [6.07, 6.45) is -3.67. The molecule has 4 nitrogen and oxygen atoms in total. The molecule has 0 saturated heterocycles. The van der Waals surface area contributed by atoms with Crippen LogP contribution in [0.3, 0.4) is 0 Å². The fourth-order valence-electron chi connectivity index (χ4n) is 3.71. The Balaban J connectivity index is 1.60. The summed E-state index contributed by atoms with van der Waals surface area (Å²) in [5.41, 5.74) is 2.04. The van der Waals surface area contributed by atoms with Crippen LogP contribution in [0.4, 0.5) is 13.2 Å². The van der Waals surface area contributed by atoms with E-state index in [0.29, 0.717) is 35.2 Å². The molecule has 0 atom stereocenters. The summed E-state index contributed by atoms with van der Waals surface area (Å²) in [6.45, 7) is 2.61. The Morgan fingerprint density at radius 1 is 1.00 bits per heavy atom. The number of hydrogen-bond donors (Lipinski definition) is 1. The van der Waals surface area contributed by atoms with Crippen molar-refractivity contribution < 1.29 is 27.5 Å². The van der Waals surface area contributed by atoms with E-state index in [1.807, 2.05) is 46.8 Å². The summed E-state index contributed by atoms with van der Waals surface area (Å²) in [5.74, 6) is -1.22. The molecule has 1 heterocycles. The predicted octanol–water partition coefficient (Wildman–Crippen LogP) is 7.21. The number of nitrogens with zero attached hydrogens (tertiary/aromatic N) is 1. The Bertz CT molecular complexity index is 1300. The van der Waals surface area contributed by atoms with Crippen molar-refractivity contribution in [2.45, 2.75) is 31.0 Å². The third-order valence-electron chi connectivity index (χ3n) is 5.44. The molecule has 0 saturated carbocycles. The van der Waals surface area contributed by atoms with E-state index in [0.717, 1.165) is 22.9 Å². The van der Waals surface area contributed by atoms with E-state index in [-0.39, 0.29) is 5.76 Å². The zero-order valence-corrected chi connectivity index (χ0v) is 19.1. The molecule has 0 aliphatic heterocycles. The van der Waals surface area contributed by atoms with Crippen LogP contribution in [0.5, 0.6) is 0 Å². The molecule has 0 amide bonds. The number of carboxylic acid groups (broad SMARTS) is 1.